The standard InChI is InChI=1S/C7H5ClFNO3/c1-13-5-3-2-4(8)7(6(5)9)10(11)12/h2-3H,1H3. The zero-order valence-corrected chi connectivity index (χ0v) is 7.34. The highest BCUT2D eigenvalue weighted by Crippen LogP contribution is 2.32. The van der Waals surface area contributed by atoms with E-state index in [1.54, 1.807) is 0 Å². The fourth-order valence-corrected chi connectivity index (χ4v) is 1.06. The summed E-state index contributed by atoms with van der Waals surface area (Å²) in [6.07, 6.45) is 0. The van der Waals surface area contributed by atoms with Crippen LogP contribution in [-0.2, 0) is 0 Å². The van der Waals surface area contributed by atoms with E-state index in [2.05, 4.69) is 4.74 Å². The van der Waals surface area contributed by atoms with E-state index in [4.69, 9.17) is 11.6 Å². The molecule has 0 bridgehead atoms. The second kappa shape index (κ2) is 3.57. The number of nitro benzene ring substituents is 1. The Morgan fingerprint density at radius 2 is 2.23 bits per heavy atom. The first kappa shape index (κ1) is 9.73. The summed E-state index contributed by atoms with van der Waals surface area (Å²) in [5.41, 5.74) is -0.763. The number of halogens is 2. The topological polar surface area (TPSA) is 52.4 Å². The van der Waals surface area contributed by atoms with Crippen molar-refractivity contribution in [2.75, 3.05) is 7.11 Å². The molecule has 70 valence electrons. The number of nitro groups is 1. The molecule has 0 spiro atoms. The van der Waals surface area contributed by atoms with Crippen LogP contribution in [0.3, 0.4) is 0 Å². The number of hydrogen-bond acceptors (Lipinski definition) is 3. The number of hydrogen-bond donors (Lipinski definition) is 0. The van der Waals surface area contributed by atoms with E-state index in [1.165, 1.54) is 19.2 Å². The van der Waals surface area contributed by atoms with Crippen LogP contribution in [0.1, 0.15) is 0 Å². The molecular formula is C7H5ClFNO3. The Labute approximate surface area is 78.0 Å². The van der Waals surface area contributed by atoms with Crippen molar-refractivity contribution in [2.45, 2.75) is 0 Å². The molecule has 0 aliphatic heterocycles. The van der Waals surface area contributed by atoms with Crippen molar-refractivity contribution in [1.82, 2.24) is 0 Å². The minimum absolute atomic E-state index is 0.198. The van der Waals surface area contributed by atoms with Crippen LogP contribution in [0.4, 0.5) is 10.1 Å². The van der Waals surface area contributed by atoms with Crippen LogP contribution in [0.15, 0.2) is 12.1 Å². The van der Waals surface area contributed by atoms with Crippen LogP contribution in [0.2, 0.25) is 5.02 Å². The van der Waals surface area contributed by atoms with Gasteiger partial charge in [-0.15, -0.1) is 0 Å². The molecule has 0 fully saturated rings. The summed E-state index contributed by atoms with van der Waals surface area (Å²) in [6, 6.07) is 2.44. The highest BCUT2D eigenvalue weighted by atomic mass is 35.5. The molecule has 1 aromatic carbocycles. The van der Waals surface area contributed by atoms with E-state index in [0.29, 0.717) is 0 Å². The lowest BCUT2D eigenvalue weighted by molar-refractivity contribution is -0.387. The van der Waals surface area contributed by atoms with Gasteiger partial charge in [0.2, 0.25) is 5.82 Å². The summed E-state index contributed by atoms with van der Waals surface area (Å²) in [6.45, 7) is 0. The average Bonchev–Trinajstić information content (AvgIpc) is 2.04. The van der Waals surface area contributed by atoms with Crippen molar-refractivity contribution in [3.05, 3.63) is 33.1 Å². The van der Waals surface area contributed by atoms with E-state index in [1.807, 2.05) is 0 Å². The Morgan fingerprint density at radius 1 is 1.62 bits per heavy atom. The van der Waals surface area contributed by atoms with Crippen molar-refractivity contribution in [1.29, 1.82) is 0 Å². The van der Waals surface area contributed by atoms with Crippen LogP contribution in [0, 0.1) is 15.9 Å². The molecular weight excluding hydrogens is 201 g/mol. The molecule has 0 saturated heterocycles. The third kappa shape index (κ3) is 1.70. The van der Waals surface area contributed by atoms with Gasteiger partial charge < -0.3 is 4.74 Å². The maximum absolute atomic E-state index is 13.1. The minimum atomic E-state index is -1.06. The molecule has 13 heavy (non-hydrogen) atoms. The number of methoxy groups -OCH3 is 1. The minimum Gasteiger partial charge on any atom is -0.493 e. The molecule has 0 saturated carbocycles. The van der Waals surface area contributed by atoms with Crippen LogP contribution in [-0.4, -0.2) is 12.0 Å². The molecule has 0 unspecified atom stereocenters. The Morgan fingerprint density at radius 3 is 2.69 bits per heavy atom. The van der Waals surface area contributed by atoms with Crippen molar-refractivity contribution in [3.8, 4) is 5.75 Å². The molecule has 0 aliphatic rings. The van der Waals surface area contributed by atoms with Crippen LogP contribution in [0.5, 0.6) is 5.75 Å². The van der Waals surface area contributed by atoms with Crippen LogP contribution in [0.25, 0.3) is 0 Å². The Balaban J connectivity index is 3.38. The third-order valence-electron chi connectivity index (χ3n) is 1.43. The smallest absolute Gasteiger partial charge is 0.327 e. The largest absolute Gasteiger partial charge is 0.493 e. The summed E-state index contributed by atoms with van der Waals surface area (Å²) < 4.78 is 17.7. The normalized spacial score (nSPS) is 9.77. The maximum Gasteiger partial charge on any atom is 0.327 e. The quantitative estimate of drug-likeness (QED) is 0.550. The SMILES string of the molecule is COc1ccc(Cl)c([N+](=O)[O-])c1F. The van der Waals surface area contributed by atoms with Crippen molar-refractivity contribution < 1.29 is 14.1 Å². The zero-order chi connectivity index (χ0) is 10.0. The van der Waals surface area contributed by atoms with Gasteiger partial charge >= 0.3 is 5.69 Å². The van der Waals surface area contributed by atoms with Crippen molar-refractivity contribution >= 4 is 17.3 Å². The van der Waals surface area contributed by atoms with E-state index in [0.717, 1.165) is 0 Å². The fraction of sp³-hybridized carbons (Fsp3) is 0.143. The van der Waals surface area contributed by atoms with E-state index in [-0.39, 0.29) is 10.8 Å². The van der Waals surface area contributed by atoms with E-state index < -0.39 is 16.4 Å². The fourth-order valence-electron chi connectivity index (χ4n) is 0.847. The monoisotopic (exact) mass is 205 g/mol. The average molecular weight is 206 g/mol. The van der Waals surface area contributed by atoms with Gasteiger partial charge in [-0.1, -0.05) is 11.6 Å². The Bertz CT molecular complexity index is 356. The van der Waals surface area contributed by atoms with Gasteiger partial charge in [0, 0.05) is 0 Å². The van der Waals surface area contributed by atoms with Crippen molar-refractivity contribution in [2.24, 2.45) is 0 Å². The molecule has 0 N–H and O–H groups in total. The summed E-state index contributed by atoms with van der Waals surface area (Å²) in [5.74, 6) is -1.25. The maximum atomic E-state index is 13.1. The van der Waals surface area contributed by atoms with Gasteiger partial charge in [-0.05, 0) is 12.1 Å². The highest BCUT2D eigenvalue weighted by molar-refractivity contribution is 6.32. The predicted molar refractivity (Wildman–Crippen MR) is 44.6 cm³/mol. The Kier molecular flexibility index (Phi) is 2.67. The van der Waals surface area contributed by atoms with Crippen LogP contribution >= 0.6 is 11.6 Å². The number of ether oxygens (including phenoxy) is 1. The predicted octanol–water partition coefficient (Wildman–Crippen LogP) is 2.40. The molecule has 0 heterocycles. The van der Waals surface area contributed by atoms with Gasteiger partial charge in [-0.2, -0.15) is 4.39 Å². The second-order valence-electron chi connectivity index (χ2n) is 2.17. The van der Waals surface area contributed by atoms with E-state index in [9.17, 15) is 14.5 Å². The summed E-state index contributed by atoms with van der Waals surface area (Å²) >= 11 is 5.42. The lowest BCUT2D eigenvalue weighted by Crippen LogP contribution is -1.96. The first-order valence-electron chi connectivity index (χ1n) is 3.24. The molecule has 6 heteroatoms. The molecule has 1 rings (SSSR count). The zero-order valence-electron chi connectivity index (χ0n) is 6.58. The molecule has 0 radical (unpaired) electrons. The molecule has 0 aromatic heterocycles. The number of nitrogens with zero attached hydrogens (tertiary/aromatic N) is 1. The molecule has 0 atom stereocenters. The van der Waals surface area contributed by atoms with Gasteiger partial charge in [0.15, 0.2) is 5.75 Å². The lowest BCUT2D eigenvalue weighted by Gasteiger charge is -2.02. The summed E-state index contributed by atoms with van der Waals surface area (Å²) in [7, 11) is 1.22. The summed E-state index contributed by atoms with van der Waals surface area (Å²) in [4.78, 5) is 9.45. The molecule has 4 nitrogen and oxygen atoms in total. The first-order valence-corrected chi connectivity index (χ1v) is 3.62. The molecule has 0 amide bonds. The third-order valence-corrected chi connectivity index (χ3v) is 1.74. The molecule has 0 aliphatic carbocycles. The number of benzene rings is 1. The summed E-state index contributed by atoms with van der Waals surface area (Å²) in [5, 5.41) is 10.1. The molecule has 1 aromatic rings. The second-order valence-corrected chi connectivity index (χ2v) is 2.58. The van der Waals surface area contributed by atoms with Gasteiger partial charge in [-0.25, -0.2) is 0 Å². The Hall–Kier alpha value is -1.36. The van der Waals surface area contributed by atoms with E-state index >= 15 is 0 Å². The van der Waals surface area contributed by atoms with Gasteiger partial charge in [0.05, 0.1) is 12.0 Å². The van der Waals surface area contributed by atoms with Crippen molar-refractivity contribution in [3.63, 3.8) is 0 Å². The first-order chi connectivity index (χ1) is 6.07. The highest BCUT2D eigenvalue weighted by Gasteiger charge is 2.22. The van der Waals surface area contributed by atoms with Crippen LogP contribution < -0.4 is 4.74 Å². The van der Waals surface area contributed by atoms with Gasteiger partial charge in [0.25, 0.3) is 0 Å². The lowest BCUT2D eigenvalue weighted by atomic mass is 10.3. The number of rotatable bonds is 2. The van der Waals surface area contributed by atoms with Gasteiger partial charge in [-0.3, -0.25) is 10.1 Å². The van der Waals surface area contributed by atoms with Gasteiger partial charge in [0.1, 0.15) is 5.02 Å².